The summed E-state index contributed by atoms with van der Waals surface area (Å²) < 4.78 is 69.4. The van der Waals surface area contributed by atoms with Gasteiger partial charge in [0.15, 0.2) is 0 Å². The number of carbonyl (C=O) groups excluding carboxylic acids is 2. The van der Waals surface area contributed by atoms with E-state index in [0.29, 0.717) is 39.5 Å². The molecule has 332 valence electrons. The molecule has 6 aromatic rings. The zero-order valence-corrected chi connectivity index (χ0v) is 38.3. The summed E-state index contributed by atoms with van der Waals surface area (Å²) in [7, 11) is -8.12. The molecule has 2 fully saturated rings. The minimum atomic E-state index is -4.11. The van der Waals surface area contributed by atoms with Crippen molar-refractivity contribution in [2.24, 2.45) is 0 Å². The van der Waals surface area contributed by atoms with E-state index in [1.165, 1.54) is 36.4 Å². The number of anilines is 2. The molecule has 2 aliphatic rings. The summed E-state index contributed by atoms with van der Waals surface area (Å²) in [5.74, 6) is -1.08. The molecule has 0 saturated carbocycles. The lowest BCUT2D eigenvalue weighted by molar-refractivity contribution is -0.131. The Balaban J connectivity index is 0.000000191. The average molecular weight is 962 g/mol. The van der Waals surface area contributed by atoms with E-state index < -0.39 is 25.9 Å². The Kier molecular flexibility index (Phi) is 15.0. The van der Waals surface area contributed by atoms with E-state index in [0.717, 1.165) is 57.6 Å². The van der Waals surface area contributed by atoms with Crippen LogP contribution in [0.3, 0.4) is 0 Å². The van der Waals surface area contributed by atoms with Gasteiger partial charge in [-0.05, 0) is 134 Å². The van der Waals surface area contributed by atoms with E-state index in [4.69, 9.17) is 34.8 Å². The third-order valence-corrected chi connectivity index (χ3v) is 15.4. The van der Waals surface area contributed by atoms with Crippen molar-refractivity contribution in [3.63, 3.8) is 0 Å². The highest BCUT2D eigenvalue weighted by Crippen LogP contribution is 2.35. The van der Waals surface area contributed by atoms with Gasteiger partial charge in [0.25, 0.3) is 20.0 Å². The molecule has 0 radical (unpaired) electrons. The summed E-state index contributed by atoms with van der Waals surface area (Å²) in [6.45, 7) is 0.470. The highest BCUT2D eigenvalue weighted by Gasteiger charge is 2.36. The second-order valence-electron chi connectivity index (χ2n) is 15.2. The predicted octanol–water partition coefficient (Wildman–Crippen LogP) is 10.6. The third-order valence-electron chi connectivity index (χ3n) is 11.1. The van der Waals surface area contributed by atoms with Crippen molar-refractivity contribution >= 4 is 78.0 Å². The second kappa shape index (κ2) is 20.6. The predicted molar refractivity (Wildman–Crippen MR) is 250 cm³/mol. The lowest BCUT2D eigenvalue weighted by Crippen LogP contribution is -2.42. The molecule has 0 N–H and O–H groups in total. The highest BCUT2D eigenvalue weighted by atomic mass is 35.5. The van der Waals surface area contributed by atoms with Crippen molar-refractivity contribution < 1.29 is 30.8 Å². The molecule has 0 aromatic heterocycles. The number of benzene rings is 6. The lowest BCUT2D eigenvalue weighted by atomic mass is 10.0. The third kappa shape index (κ3) is 10.9. The number of rotatable bonds is 12. The first-order chi connectivity index (χ1) is 30.7. The van der Waals surface area contributed by atoms with Gasteiger partial charge < -0.3 is 9.80 Å². The number of sulfonamides is 2. The molecule has 2 atom stereocenters. The zero-order valence-electron chi connectivity index (χ0n) is 34.4. The summed E-state index contributed by atoms with van der Waals surface area (Å²) >= 11 is 17.9. The van der Waals surface area contributed by atoms with Gasteiger partial charge in [-0.3, -0.25) is 18.2 Å². The van der Waals surface area contributed by atoms with Gasteiger partial charge in [-0.15, -0.1) is 0 Å². The maximum Gasteiger partial charge on any atom is 0.264 e. The molecule has 0 spiro atoms. The van der Waals surface area contributed by atoms with E-state index in [1.807, 2.05) is 60.7 Å². The first-order valence-electron chi connectivity index (χ1n) is 20.5. The second-order valence-corrected chi connectivity index (χ2v) is 20.2. The van der Waals surface area contributed by atoms with Crippen molar-refractivity contribution in [2.45, 2.75) is 47.6 Å². The molecule has 2 aliphatic heterocycles. The first kappa shape index (κ1) is 46.5. The molecule has 2 heterocycles. The minimum Gasteiger partial charge on any atom is -0.334 e. The summed E-state index contributed by atoms with van der Waals surface area (Å²) in [5.41, 5.74) is 2.76. The van der Waals surface area contributed by atoms with Gasteiger partial charge in [0.2, 0.25) is 11.8 Å². The molecule has 6 aromatic carbocycles. The molecular formula is C48H44Cl3FN4O6S2. The fraction of sp³-hybridized carbons (Fsp3) is 0.208. The molecule has 16 heteroatoms. The van der Waals surface area contributed by atoms with Crippen LogP contribution >= 0.6 is 34.8 Å². The number of halogens is 4. The molecule has 2 unspecified atom stereocenters. The molecule has 2 amide bonds. The number of hydrogen-bond acceptors (Lipinski definition) is 6. The molecule has 64 heavy (non-hydrogen) atoms. The number of likely N-dealkylation sites (tertiary alicyclic amines) is 2. The summed E-state index contributed by atoms with van der Waals surface area (Å²) in [4.78, 5) is 30.2. The van der Waals surface area contributed by atoms with Crippen LogP contribution in [-0.2, 0) is 29.6 Å². The van der Waals surface area contributed by atoms with Crippen LogP contribution in [0.5, 0.6) is 0 Å². The number of carbonyl (C=O) groups is 2. The van der Waals surface area contributed by atoms with Crippen LogP contribution in [0.15, 0.2) is 168 Å². The van der Waals surface area contributed by atoms with Crippen molar-refractivity contribution in [3.8, 4) is 0 Å². The number of nitrogens with zero attached hydrogens (tertiary/aromatic N) is 4. The van der Waals surface area contributed by atoms with E-state index in [1.54, 1.807) is 58.3 Å². The van der Waals surface area contributed by atoms with E-state index in [-0.39, 0.29) is 46.8 Å². The summed E-state index contributed by atoms with van der Waals surface area (Å²) in [5, 5.41) is 1.36. The van der Waals surface area contributed by atoms with Gasteiger partial charge in [0, 0.05) is 28.2 Å². The Labute approximate surface area is 388 Å². The van der Waals surface area contributed by atoms with Crippen LogP contribution in [-0.4, -0.2) is 64.6 Å². The van der Waals surface area contributed by atoms with Crippen molar-refractivity contribution in [1.82, 2.24) is 9.80 Å². The van der Waals surface area contributed by atoms with Crippen LogP contribution in [0.4, 0.5) is 15.8 Å². The van der Waals surface area contributed by atoms with Gasteiger partial charge in [-0.1, -0.05) is 95.5 Å². The Morgan fingerprint density at radius 3 is 1.19 bits per heavy atom. The van der Waals surface area contributed by atoms with E-state index in [2.05, 4.69) is 0 Å². The van der Waals surface area contributed by atoms with Crippen LogP contribution in [0.25, 0.3) is 0 Å². The smallest absolute Gasteiger partial charge is 0.264 e. The molecule has 10 nitrogen and oxygen atoms in total. The van der Waals surface area contributed by atoms with Crippen molar-refractivity contribution in [2.75, 3.05) is 34.8 Å². The lowest BCUT2D eigenvalue weighted by Gasteiger charge is -2.30. The Bertz CT molecular complexity index is 2560. The van der Waals surface area contributed by atoms with E-state index >= 15 is 0 Å². The standard InChI is InChI=1S/C24H22Cl2N2O3S.C24H22ClFN2O3S/c2*25-19-8-12-21(13-9-19)28(32(30,31)22-14-10-20(26)11-15-22)17-24(29)27-16-4-7-23(27)18-5-2-1-3-6-18/h2*1-3,5-6,8-15,23H,4,7,16-17H2. The van der Waals surface area contributed by atoms with Gasteiger partial charge in [-0.25, -0.2) is 21.2 Å². The van der Waals surface area contributed by atoms with Crippen molar-refractivity contribution in [1.29, 1.82) is 0 Å². The molecule has 0 aliphatic carbocycles. The average Bonchev–Trinajstić information content (AvgIpc) is 4.01. The maximum atomic E-state index is 13.5. The van der Waals surface area contributed by atoms with Gasteiger partial charge in [0.1, 0.15) is 18.9 Å². The fourth-order valence-electron chi connectivity index (χ4n) is 7.91. The molecular weight excluding hydrogens is 918 g/mol. The molecule has 2 saturated heterocycles. The van der Waals surface area contributed by atoms with Gasteiger partial charge in [0.05, 0.1) is 33.2 Å². The van der Waals surface area contributed by atoms with Gasteiger partial charge >= 0.3 is 0 Å². The normalized spacial score (nSPS) is 16.2. The van der Waals surface area contributed by atoms with Crippen LogP contribution in [0.1, 0.15) is 48.9 Å². The fourth-order valence-corrected chi connectivity index (χ4v) is 11.1. The van der Waals surface area contributed by atoms with Crippen LogP contribution in [0.2, 0.25) is 15.1 Å². The van der Waals surface area contributed by atoms with Crippen LogP contribution in [0, 0.1) is 5.82 Å². The largest absolute Gasteiger partial charge is 0.334 e. The Hall–Kier alpha value is -5.44. The highest BCUT2D eigenvalue weighted by molar-refractivity contribution is 7.93. The Morgan fingerprint density at radius 1 is 0.500 bits per heavy atom. The molecule has 8 rings (SSSR count). The van der Waals surface area contributed by atoms with Gasteiger partial charge in [-0.2, -0.15) is 0 Å². The summed E-state index contributed by atoms with van der Waals surface area (Å²) in [6, 6.07) is 42.5. The maximum absolute atomic E-state index is 13.5. The zero-order chi connectivity index (χ0) is 45.4. The topological polar surface area (TPSA) is 115 Å². The quantitative estimate of drug-likeness (QED) is 0.121. The number of hydrogen-bond donors (Lipinski definition) is 0. The summed E-state index contributed by atoms with van der Waals surface area (Å²) in [6.07, 6.45) is 3.38. The van der Waals surface area contributed by atoms with Crippen LogP contribution < -0.4 is 8.61 Å². The Morgan fingerprint density at radius 2 is 0.828 bits per heavy atom. The minimum absolute atomic E-state index is 0.0608. The SMILES string of the molecule is O=C(CN(c1ccc(Cl)cc1)S(=O)(=O)c1ccc(Cl)cc1)N1CCCC1c1ccccc1.O=C(CN(c1ccc(Cl)cc1)S(=O)(=O)c1ccc(F)cc1)N1CCCC1c1ccccc1. The monoisotopic (exact) mass is 960 g/mol. The van der Waals surface area contributed by atoms with E-state index in [9.17, 15) is 30.8 Å². The first-order valence-corrected chi connectivity index (χ1v) is 24.5. The molecule has 0 bridgehead atoms. The van der Waals surface area contributed by atoms with Crippen molar-refractivity contribution in [3.05, 3.63) is 190 Å². The number of amides is 2.